The SMILES string of the molecule is CC(=O)Nc1ccc(CCC(C)NCC(O)c2ccc(O)c(C(N)=O)c2)cc1.Cl. The minimum Gasteiger partial charge on any atom is -0.507 e. The molecule has 0 spiro atoms. The minimum absolute atomic E-state index is 0. The summed E-state index contributed by atoms with van der Waals surface area (Å²) in [5.74, 6) is -1.03. The first kappa shape index (κ1) is 24.4. The number of nitrogens with one attached hydrogen (secondary N) is 2. The molecule has 6 N–H and O–H groups in total. The summed E-state index contributed by atoms with van der Waals surface area (Å²) in [5, 5.41) is 26.0. The van der Waals surface area contributed by atoms with E-state index < -0.39 is 12.0 Å². The number of primary amides is 1. The quantitative estimate of drug-likeness (QED) is 0.425. The molecule has 2 amide bonds. The molecule has 0 saturated heterocycles. The summed E-state index contributed by atoms with van der Waals surface area (Å²) in [4.78, 5) is 22.3. The number of aliphatic hydroxyl groups is 1. The van der Waals surface area contributed by atoms with Crippen molar-refractivity contribution in [1.29, 1.82) is 0 Å². The fourth-order valence-electron chi connectivity index (χ4n) is 2.83. The maximum absolute atomic E-state index is 11.3. The normalized spacial score (nSPS) is 12.5. The predicted molar refractivity (Wildman–Crippen MR) is 115 cm³/mol. The van der Waals surface area contributed by atoms with E-state index in [2.05, 4.69) is 10.6 Å². The molecule has 0 aromatic heterocycles. The zero-order chi connectivity index (χ0) is 20.7. The standard InChI is InChI=1S/C21H27N3O4.ClH/c1-13(3-4-15-5-8-17(9-6-15)24-14(2)25)23-12-20(27)16-7-10-19(26)18(11-16)21(22)28;/h5-11,13,20,23,26-27H,3-4,12H2,1-2H3,(H2,22,28)(H,24,25);1H. The molecule has 0 aliphatic heterocycles. The number of hydrogen-bond donors (Lipinski definition) is 5. The number of phenols is 1. The van der Waals surface area contributed by atoms with E-state index in [1.54, 1.807) is 6.07 Å². The Morgan fingerprint density at radius 3 is 2.38 bits per heavy atom. The number of amides is 2. The summed E-state index contributed by atoms with van der Waals surface area (Å²) in [6.45, 7) is 3.82. The molecular weight excluding hydrogens is 394 g/mol. The molecule has 7 nitrogen and oxygen atoms in total. The van der Waals surface area contributed by atoms with Gasteiger partial charge in [0.25, 0.3) is 5.91 Å². The van der Waals surface area contributed by atoms with Crippen molar-refractivity contribution in [2.75, 3.05) is 11.9 Å². The Morgan fingerprint density at radius 1 is 1.14 bits per heavy atom. The van der Waals surface area contributed by atoms with Gasteiger partial charge < -0.3 is 26.6 Å². The molecule has 0 saturated carbocycles. The zero-order valence-corrected chi connectivity index (χ0v) is 17.3. The van der Waals surface area contributed by atoms with Crippen molar-refractivity contribution in [3.8, 4) is 5.75 Å². The maximum Gasteiger partial charge on any atom is 0.252 e. The van der Waals surface area contributed by atoms with Crippen LogP contribution in [0.25, 0.3) is 0 Å². The van der Waals surface area contributed by atoms with Gasteiger partial charge in [-0.2, -0.15) is 0 Å². The lowest BCUT2D eigenvalue weighted by Crippen LogP contribution is -2.31. The van der Waals surface area contributed by atoms with Crippen LogP contribution in [0.1, 0.15) is 47.9 Å². The van der Waals surface area contributed by atoms with Gasteiger partial charge in [-0.25, -0.2) is 0 Å². The van der Waals surface area contributed by atoms with Crippen LogP contribution < -0.4 is 16.4 Å². The van der Waals surface area contributed by atoms with E-state index in [9.17, 15) is 19.8 Å². The van der Waals surface area contributed by atoms with Crippen molar-refractivity contribution in [3.05, 3.63) is 59.2 Å². The molecule has 0 fully saturated rings. The molecule has 2 atom stereocenters. The lowest BCUT2D eigenvalue weighted by molar-refractivity contribution is -0.114. The Hall–Kier alpha value is -2.61. The highest BCUT2D eigenvalue weighted by molar-refractivity contribution is 5.95. The third-order valence-corrected chi connectivity index (χ3v) is 4.47. The van der Waals surface area contributed by atoms with Gasteiger partial charge in [-0.05, 0) is 55.2 Å². The molecule has 0 aliphatic carbocycles. The van der Waals surface area contributed by atoms with Gasteiger partial charge in [0.1, 0.15) is 5.75 Å². The Morgan fingerprint density at radius 2 is 1.79 bits per heavy atom. The number of benzene rings is 2. The second-order valence-corrected chi connectivity index (χ2v) is 6.88. The van der Waals surface area contributed by atoms with Gasteiger partial charge in [0.05, 0.1) is 11.7 Å². The van der Waals surface area contributed by atoms with Crippen LogP contribution in [0.15, 0.2) is 42.5 Å². The van der Waals surface area contributed by atoms with Crippen molar-refractivity contribution in [2.24, 2.45) is 5.73 Å². The summed E-state index contributed by atoms with van der Waals surface area (Å²) in [7, 11) is 0. The molecule has 2 aromatic rings. The highest BCUT2D eigenvalue weighted by Crippen LogP contribution is 2.22. The molecule has 2 aromatic carbocycles. The number of anilines is 1. The van der Waals surface area contributed by atoms with Gasteiger partial charge in [0.15, 0.2) is 0 Å². The predicted octanol–water partition coefficient (Wildman–Crippen LogP) is 2.52. The topological polar surface area (TPSA) is 125 Å². The molecule has 29 heavy (non-hydrogen) atoms. The van der Waals surface area contributed by atoms with E-state index in [1.165, 1.54) is 19.1 Å². The van der Waals surface area contributed by atoms with Crippen LogP contribution in [0, 0.1) is 0 Å². The Labute approximate surface area is 176 Å². The fraction of sp³-hybridized carbons (Fsp3) is 0.333. The lowest BCUT2D eigenvalue weighted by atomic mass is 10.0. The van der Waals surface area contributed by atoms with E-state index >= 15 is 0 Å². The highest BCUT2D eigenvalue weighted by atomic mass is 35.5. The van der Waals surface area contributed by atoms with E-state index in [0.717, 1.165) is 24.1 Å². The molecule has 0 bridgehead atoms. The number of halogens is 1. The average molecular weight is 422 g/mol. The molecule has 2 unspecified atom stereocenters. The molecule has 0 radical (unpaired) electrons. The third kappa shape index (κ3) is 7.73. The van der Waals surface area contributed by atoms with Crippen LogP contribution in [0.5, 0.6) is 5.75 Å². The maximum atomic E-state index is 11.3. The second-order valence-electron chi connectivity index (χ2n) is 6.88. The van der Waals surface area contributed by atoms with E-state index in [0.29, 0.717) is 12.1 Å². The van der Waals surface area contributed by atoms with E-state index in [4.69, 9.17) is 5.73 Å². The first-order valence-electron chi connectivity index (χ1n) is 9.17. The Bertz CT molecular complexity index is 827. The number of rotatable bonds is 9. The minimum atomic E-state index is -0.821. The van der Waals surface area contributed by atoms with Crippen molar-refractivity contribution in [3.63, 3.8) is 0 Å². The number of nitrogens with two attached hydrogens (primary N) is 1. The van der Waals surface area contributed by atoms with Crippen LogP contribution in [0.4, 0.5) is 5.69 Å². The molecule has 8 heteroatoms. The number of carbonyl (C=O) groups is 2. The molecule has 0 aliphatic rings. The summed E-state index contributed by atoms with van der Waals surface area (Å²) >= 11 is 0. The number of aromatic hydroxyl groups is 1. The fourth-order valence-corrected chi connectivity index (χ4v) is 2.83. The molecule has 2 rings (SSSR count). The first-order valence-corrected chi connectivity index (χ1v) is 9.17. The number of carbonyl (C=O) groups excluding carboxylic acids is 2. The summed E-state index contributed by atoms with van der Waals surface area (Å²) in [6.07, 6.45) is 0.905. The molecule has 0 heterocycles. The summed E-state index contributed by atoms with van der Waals surface area (Å²) in [6, 6.07) is 12.2. The second kappa shape index (κ2) is 11.4. The summed E-state index contributed by atoms with van der Waals surface area (Å²) < 4.78 is 0. The van der Waals surface area contributed by atoms with Crippen LogP contribution in [-0.4, -0.2) is 34.6 Å². The highest BCUT2D eigenvalue weighted by Gasteiger charge is 2.14. The van der Waals surface area contributed by atoms with Gasteiger partial charge in [0, 0.05) is 25.2 Å². The van der Waals surface area contributed by atoms with Crippen molar-refractivity contribution in [2.45, 2.75) is 38.8 Å². The van der Waals surface area contributed by atoms with Crippen LogP contribution in [0.2, 0.25) is 0 Å². The molecule has 158 valence electrons. The Balaban J connectivity index is 0.00000420. The Kier molecular flexibility index (Phi) is 9.61. The van der Waals surface area contributed by atoms with Crippen LogP contribution >= 0.6 is 12.4 Å². The smallest absolute Gasteiger partial charge is 0.252 e. The third-order valence-electron chi connectivity index (χ3n) is 4.47. The van der Waals surface area contributed by atoms with E-state index in [1.807, 2.05) is 31.2 Å². The van der Waals surface area contributed by atoms with E-state index in [-0.39, 0.29) is 35.7 Å². The van der Waals surface area contributed by atoms with Crippen molar-refractivity contribution in [1.82, 2.24) is 5.32 Å². The van der Waals surface area contributed by atoms with Gasteiger partial charge in [-0.3, -0.25) is 9.59 Å². The number of aliphatic hydroxyl groups excluding tert-OH is 1. The van der Waals surface area contributed by atoms with Gasteiger partial charge in [-0.1, -0.05) is 18.2 Å². The largest absolute Gasteiger partial charge is 0.507 e. The number of hydrogen-bond acceptors (Lipinski definition) is 5. The monoisotopic (exact) mass is 421 g/mol. The van der Waals surface area contributed by atoms with Crippen LogP contribution in [-0.2, 0) is 11.2 Å². The average Bonchev–Trinajstić information content (AvgIpc) is 2.65. The summed E-state index contributed by atoms with van der Waals surface area (Å²) in [5.41, 5.74) is 7.66. The van der Waals surface area contributed by atoms with Crippen molar-refractivity contribution >= 4 is 29.9 Å². The van der Waals surface area contributed by atoms with Gasteiger partial charge in [0.2, 0.25) is 5.91 Å². The first-order chi connectivity index (χ1) is 13.3. The lowest BCUT2D eigenvalue weighted by Gasteiger charge is -2.18. The van der Waals surface area contributed by atoms with Gasteiger partial charge in [-0.15, -0.1) is 12.4 Å². The van der Waals surface area contributed by atoms with Crippen LogP contribution in [0.3, 0.4) is 0 Å². The zero-order valence-electron chi connectivity index (χ0n) is 16.5. The van der Waals surface area contributed by atoms with Gasteiger partial charge >= 0.3 is 0 Å². The molecular formula is C21H28ClN3O4. The number of aryl methyl sites for hydroxylation is 1. The van der Waals surface area contributed by atoms with Crippen molar-refractivity contribution < 1.29 is 19.8 Å².